The number of benzene rings is 2. The highest BCUT2D eigenvalue weighted by molar-refractivity contribution is 7.76. The number of halogens is 1. The van der Waals surface area contributed by atoms with Crippen LogP contribution in [0.3, 0.4) is 0 Å². The van der Waals surface area contributed by atoms with E-state index in [9.17, 15) is 0 Å². The first-order valence-corrected chi connectivity index (χ1v) is 9.22. The van der Waals surface area contributed by atoms with E-state index >= 15 is 0 Å². The largest absolute Gasteiger partial charge is 0.427 e. The van der Waals surface area contributed by atoms with Crippen LogP contribution in [0, 0.1) is 0 Å². The van der Waals surface area contributed by atoms with Gasteiger partial charge in [-0.05, 0) is 64.9 Å². The zero-order valence-corrected chi connectivity index (χ0v) is 13.8. The van der Waals surface area contributed by atoms with Gasteiger partial charge in [-0.25, -0.2) is 0 Å². The van der Waals surface area contributed by atoms with Crippen LogP contribution in [0.25, 0.3) is 0 Å². The number of hydrogen-bond acceptors (Lipinski definition) is 2. The molecule has 0 N–H and O–H groups in total. The molecule has 2 aromatic rings. The summed E-state index contributed by atoms with van der Waals surface area (Å²) in [7, 11) is -1.49. The molecule has 4 bridgehead atoms. The van der Waals surface area contributed by atoms with Gasteiger partial charge in [-0.1, -0.05) is 38.1 Å². The predicted molar refractivity (Wildman–Crippen MR) is 88.4 cm³/mol. The molecule has 0 aromatic heterocycles. The summed E-state index contributed by atoms with van der Waals surface area (Å²) in [6, 6.07) is 16.3. The molecule has 0 fully saturated rings. The van der Waals surface area contributed by atoms with Crippen molar-refractivity contribution in [3.8, 4) is 11.5 Å². The average Bonchev–Trinajstić information content (AvgIpc) is 2.47. The quantitative estimate of drug-likeness (QED) is 0.536. The Balaban J connectivity index is 1.95. The number of hydrogen-bond donors (Lipinski definition) is 0. The fourth-order valence-electron chi connectivity index (χ4n) is 2.70. The van der Waals surface area contributed by atoms with Gasteiger partial charge in [0, 0.05) is 0 Å². The molecule has 6 rings (SSSR count). The Labute approximate surface area is 131 Å². The molecule has 4 heteroatoms. The summed E-state index contributed by atoms with van der Waals surface area (Å²) in [5.41, 5.74) is 2.64. The number of rotatable bonds is 0. The van der Waals surface area contributed by atoms with Gasteiger partial charge >= 0.3 is 7.73 Å². The van der Waals surface area contributed by atoms with Crippen molar-refractivity contribution in [1.29, 1.82) is 0 Å². The molecular formula is C17H18ClO2P. The molecule has 4 aliphatic rings. The minimum absolute atomic E-state index is 0.505. The summed E-state index contributed by atoms with van der Waals surface area (Å²) < 4.78 is 11.3. The lowest BCUT2D eigenvalue weighted by atomic mass is 9.87. The Bertz CT molecular complexity index is 544. The van der Waals surface area contributed by atoms with Crippen molar-refractivity contribution in [2.45, 2.75) is 32.1 Å². The first-order valence-electron chi connectivity index (χ1n) is 7.13. The third kappa shape index (κ3) is 3.51. The fourth-order valence-corrected chi connectivity index (χ4v) is 3.79. The lowest BCUT2D eigenvalue weighted by Gasteiger charge is -2.20. The highest BCUT2D eigenvalue weighted by atomic mass is 35.7. The molecule has 0 saturated carbocycles. The van der Waals surface area contributed by atoms with E-state index in [1.165, 1.54) is 11.1 Å². The molecule has 0 amide bonds. The summed E-state index contributed by atoms with van der Waals surface area (Å²) in [6.07, 6.45) is 1.11. The Morgan fingerprint density at radius 2 is 1.19 bits per heavy atom. The molecule has 4 aliphatic heterocycles. The Morgan fingerprint density at radius 3 is 1.57 bits per heavy atom. The molecular weight excluding hydrogens is 303 g/mol. The molecule has 21 heavy (non-hydrogen) atoms. The zero-order valence-electron chi connectivity index (χ0n) is 12.1. The molecule has 0 spiro atoms. The molecule has 0 aliphatic carbocycles. The van der Waals surface area contributed by atoms with Crippen LogP contribution in [0.2, 0.25) is 0 Å². The van der Waals surface area contributed by atoms with Crippen molar-refractivity contribution in [2.75, 3.05) is 0 Å². The van der Waals surface area contributed by atoms with Gasteiger partial charge in [0.25, 0.3) is 0 Å². The van der Waals surface area contributed by atoms with Gasteiger partial charge in [-0.2, -0.15) is 0 Å². The second kappa shape index (κ2) is 6.25. The highest BCUT2D eigenvalue weighted by Crippen LogP contribution is 2.45. The van der Waals surface area contributed by atoms with E-state index in [0.29, 0.717) is 11.8 Å². The van der Waals surface area contributed by atoms with Crippen LogP contribution in [0.15, 0.2) is 48.5 Å². The van der Waals surface area contributed by atoms with Crippen LogP contribution < -0.4 is 9.05 Å². The van der Waals surface area contributed by atoms with Crippen LogP contribution in [0.1, 0.15) is 43.2 Å². The standard InChI is InChI=1S/C17H18ClO2P/c1-12-11-13(2)15-5-9-17(10-6-15)20-21(18)19-16-7-3-14(12)4-8-16/h3-10,12-13H,11H2,1-2H3. The minimum Gasteiger partial charge on any atom is -0.427 e. The SMILES string of the molecule is CC1CC(C)c2ccc(cc2)OP(Cl)Oc2ccc1cc2. The summed E-state index contributed by atoms with van der Waals surface area (Å²) >= 11 is 6.16. The molecule has 2 unspecified atom stereocenters. The van der Waals surface area contributed by atoms with Crippen LogP contribution in [0.4, 0.5) is 0 Å². The van der Waals surface area contributed by atoms with Crippen molar-refractivity contribution < 1.29 is 9.05 Å². The summed E-state index contributed by atoms with van der Waals surface area (Å²) in [4.78, 5) is 0. The van der Waals surface area contributed by atoms with E-state index in [1.807, 2.05) is 24.3 Å². The third-order valence-electron chi connectivity index (χ3n) is 3.96. The minimum atomic E-state index is -1.49. The Hall–Kier alpha value is -1.24. The topological polar surface area (TPSA) is 18.5 Å². The lowest BCUT2D eigenvalue weighted by molar-refractivity contribution is 0.506. The van der Waals surface area contributed by atoms with Crippen LogP contribution in [-0.2, 0) is 0 Å². The van der Waals surface area contributed by atoms with Crippen LogP contribution >= 0.6 is 19.0 Å². The second-order valence-corrected chi connectivity index (χ2v) is 7.19. The second-order valence-electron chi connectivity index (χ2n) is 5.57. The normalized spacial score (nSPS) is 25.0. The van der Waals surface area contributed by atoms with E-state index in [2.05, 4.69) is 38.1 Å². The van der Waals surface area contributed by atoms with E-state index in [4.69, 9.17) is 20.3 Å². The molecule has 2 aromatic carbocycles. The van der Waals surface area contributed by atoms with E-state index in [1.54, 1.807) is 0 Å². The summed E-state index contributed by atoms with van der Waals surface area (Å²) in [6.45, 7) is 4.54. The van der Waals surface area contributed by atoms with Crippen LogP contribution in [0.5, 0.6) is 11.5 Å². The van der Waals surface area contributed by atoms with Gasteiger partial charge in [0.05, 0.1) is 0 Å². The zero-order chi connectivity index (χ0) is 14.8. The molecule has 0 saturated heterocycles. The maximum absolute atomic E-state index is 6.16. The van der Waals surface area contributed by atoms with Crippen molar-refractivity contribution >= 4 is 19.0 Å². The maximum atomic E-state index is 6.16. The van der Waals surface area contributed by atoms with E-state index < -0.39 is 7.73 Å². The van der Waals surface area contributed by atoms with Crippen molar-refractivity contribution in [1.82, 2.24) is 0 Å². The molecule has 2 atom stereocenters. The first kappa shape index (κ1) is 14.7. The van der Waals surface area contributed by atoms with Crippen molar-refractivity contribution in [3.05, 3.63) is 59.7 Å². The van der Waals surface area contributed by atoms with Crippen molar-refractivity contribution in [3.63, 3.8) is 0 Å². The Morgan fingerprint density at radius 1 is 0.810 bits per heavy atom. The molecule has 2 nitrogen and oxygen atoms in total. The van der Waals surface area contributed by atoms with Crippen molar-refractivity contribution in [2.24, 2.45) is 0 Å². The Kier molecular flexibility index (Phi) is 4.37. The van der Waals surface area contributed by atoms with Gasteiger partial charge in [-0.3, -0.25) is 0 Å². The summed E-state index contributed by atoms with van der Waals surface area (Å²) in [5, 5.41) is 0. The first-order chi connectivity index (χ1) is 10.1. The smallest absolute Gasteiger partial charge is 0.401 e. The highest BCUT2D eigenvalue weighted by Gasteiger charge is 2.16. The average molecular weight is 321 g/mol. The molecule has 0 radical (unpaired) electrons. The van der Waals surface area contributed by atoms with Gasteiger partial charge in [-0.15, -0.1) is 0 Å². The van der Waals surface area contributed by atoms with Gasteiger partial charge in [0.2, 0.25) is 0 Å². The van der Waals surface area contributed by atoms with Gasteiger partial charge < -0.3 is 9.05 Å². The summed E-state index contributed by atoms with van der Waals surface area (Å²) in [5.74, 6) is 2.50. The third-order valence-corrected chi connectivity index (χ3v) is 5.08. The molecule has 110 valence electrons. The fraction of sp³-hybridized carbons (Fsp3) is 0.294. The van der Waals surface area contributed by atoms with Crippen LogP contribution in [-0.4, -0.2) is 0 Å². The predicted octanol–water partition coefficient (Wildman–Crippen LogP) is 6.22. The maximum Gasteiger partial charge on any atom is 0.401 e. The lowest BCUT2D eigenvalue weighted by Crippen LogP contribution is -2.02. The molecule has 4 heterocycles. The van der Waals surface area contributed by atoms with E-state index in [-0.39, 0.29) is 0 Å². The van der Waals surface area contributed by atoms with E-state index in [0.717, 1.165) is 17.9 Å². The van der Waals surface area contributed by atoms with Gasteiger partial charge in [0.15, 0.2) is 0 Å². The van der Waals surface area contributed by atoms with Gasteiger partial charge in [0.1, 0.15) is 11.5 Å². The monoisotopic (exact) mass is 320 g/mol.